The fraction of sp³-hybridized carbons (Fsp3) is 0.368. The normalized spacial score (nSPS) is 11.1. The zero-order valence-electron chi connectivity index (χ0n) is 15.3. The molecule has 0 atom stereocenters. The third kappa shape index (κ3) is 6.71. The lowest BCUT2D eigenvalue weighted by molar-refractivity contribution is 0.0636. The number of carbonyl (C=O) groups excluding carboxylic acids is 1. The first-order valence-electron chi connectivity index (χ1n) is 8.21. The molecule has 134 valence electrons. The van der Waals surface area contributed by atoms with Gasteiger partial charge in [-0.2, -0.15) is 0 Å². The topological polar surface area (TPSA) is 72.5 Å². The highest BCUT2D eigenvalue weighted by Gasteiger charge is 2.16. The van der Waals surface area contributed by atoms with Crippen molar-refractivity contribution in [3.05, 3.63) is 42.6 Å². The maximum absolute atomic E-state index is 11.7. The van der Waals surface area contributed by atoms with Gasteiger partial charge in [-0.3, -0.25) is 5.32 Å². The van der Waals surface area contributed by atoms with E-state index in [1.807, 2.05) is 58.9 Å². The van der Waals surface area contributed by atoms with Crippen molar-refractivity contribution < 1.29 is 14.3 Å². The van der Waals surface area contributed by atoms with Gasteiger partial charge in [0.2, 0.25) is 0 Å². The van der Waals surface area contributed by atoms with E-state index in [4.69, 9.17) is 9.47 Å². The molecule has 6 nitrogen and oxygen atoms in total. The van der Waals surface area contributed by atoms with Crippen LogP contribution in [0.5, 0.6) is 5.75 Å². The highest BCUT2D eigenvalue weighted by Crippen LogP contribution is 2.20. The molecule has 25 heavy (non-hydrogen) atoms. The third-order valence-corrected chi connectivity index (χ3v) is 2.91. The van der Waals surface area contributed by atoms with Crippen LogP contribution in [0.1, 0.15) is 34.6 Å². The van der Waals surface area contributed by atoms with E-state index in [0.29, 0.717) is 11.5 Å². The van der Waals surface area contributed by atoms with Gasteiger partial charge in [0.25, 0.3) is 0 Å². The van der Waals surface area contributed by atoms with Crippen LogP contribution in [-0.4, -0.2) is 22.8 Å². The van der Waals surface area contributed by atoms with Gasteiger partial charge in [0, 0.05) is 5.69 Å². The second kappa shape index (κ2) is 7.88. The molecule has 0 aliphatic carbocycles. The Morgan fingerprint density at radius 2 is 1.68 bits per heavy atom. The summed E-state index contributed by atoms with van der Waals surface area (Å²) in [4.78, 5) is 16.0. The van der Waals surface area contributed by atoms with E-state index in [1.165, 1.54) is 0 Å². The summed E-state index contributed by atoms with van der Waals surface area (Å²) in [5, 5.41) is 5.84. The third-order valence-electron chi connectivity index (χ3n) is 2.91. The molecule has 1 amide bonds. The zero-order chi connectivity index (χ0) is 18.4. The Morgan fingerprint density at radius 1 is 1.04 bits per heavy atom. The molecule has 0 fully saturated rings. The molecule has 0 unspecified atom stereocenters. The van der Waals surface area contributed by atoms with E-state index in [0.717, 1.165) is 11.4 Å². The largest absolute Gasteiger partial charge is 0.491 e. The molecule has 1 aromatic carbocycles. The molecular formula is C19H25N3O3. The monoisotopic (exact) mass is 343 g/mol. The highest BCUT2D eigenvalue weighted by molar-refractivity contribution is 5.84. The van der Waals surface area contributed by atoms with Crippen LogP contribution in [0.15, 0.2) is 42.6 Å². The van der Waals surface area contributed by atoms with Crippen molar-refractivity contribution in [1.82, 2.24) is 4.98 Å². The summed E-state index contributed by atoms with van der Waals surface area (Å²) in [6.45, 7) is 9.42. The van der Waals surface area contributed by atoms with Crippen LogP contribution >= 0.6 is 0 Å². The van der Waals surface area contributed by atoms with E-state index in [9.17, 15) is 4.79 Å². The quantitative estimate of drug-likeness (QED) is 0.803. The van der Waals surface area contributed by atoms with Crippen LogP contribution in [0.25, 0.3) is 0 Å². The molecule has 0 aliphatic heterocycles. The van der Waals surface area contributed by atoms with Gasteiger partial charge >= 0.3 is 6.09 Å². The molecule has 0 spiro atoms. The minimum atomic E-state index is -0.537. The van der Waals surface area contributed by atoms with Crippen LogP contribution in [0.3, 0.4) is 0 Å². The average Bonchev–Trinajstić information content (AvgIpc) is 2.49. The lowest BCUT2D eigenvalue weighted by Crippen LogP contribution is -2.27. The maximum Gasteiger partial charge on any atom is 0.412 e. The number of benzene rings is 1. The van der Waals surface area contributed by atoms with E-state index >= 15 is 0 Å². The van der Waals surface area contributed by atoms with E-state index in [2.05, 4.69) is 15.6 Å². The molecule has 2 N–H and O–H groups in total. The van der Waals surface area contributed by atoms with Gasteiger partial charge in [0.1, 0.15) is 17.2 Å². The maximum atomic E-state index is 11.7. The zero-order valence-corrected chi connectivity index (χ0v) is 15.3. The van der Waals surface area contributed by atoms with Gasteiger partial charge in [-0.25, -0.2) is 9.78 Å². The Bertz CT molecular complexity index is 689. The number of rotatable bonds is 5. The van der Waals surface area contributed by atoms with Crippen molar-refractivity contribution in [3.8, 4) is 5.75 Å². The molecule has 1 aromatic heterocycles. The number of carbonyl (C=O) groups is 1. The molecule has 0 radical (unpaired) electrons. The van der Waals surface area contributed by atoms with Gasteiger partial charge in [0.05, 0.1) is 18.0 Å². The van der Waals surface area contributed by atoms with Gasteiger partial charge in [0.15, 0.2) is 0 Å². The summed E-state index contributed by atoms with van der Waals surface area (Å²) in [7, 11) is 0. The van der Waals surface area contributed by atoms with Crippen LogP contribution in [0.2, 0.25) is 0 Å². The van der Waals surface area contributed by atoms with Crippen LogP contribution in [-0.2, 0) is 4.74 Å². The first kappa shape index (κ1) is 18.6. The van der Waals surface area contributed by atoms with Crippen molar-refractivity contribution in [2.24, 2.45) is 0 Å². The Labute approximate surface area is 148 Å². The summed E-state index contributed by atoms with van der Waals surface area (Å²) in [5.74, 6) is 1.50. The van der Waals surface area contributed by atoms with E-state index in [-0.39, 0.29) is 6.10 Å². The van der Waals surface area contributed by atoms with Crippen molar-refractivity contribution in [2.75, 3.05) is 10.6 Å². The van der Waals surface area contributed by atoms with Crippen LogP contribution in [0, 0.1) is 0 Å². The number of amides is 1. The molecule has 2 rings (SSSR count). The lowest BCUT2D eigenvalue weighted by atomic mass is 10.2. The van der Waals surface area contributed by atoms with E-state index < -0.39 is 11.7 Å². The first-order chi connectivity index (χ1) is 11.7. The number of ether oxygens (including phenoxy) is 2. The second-order valence-corrected chi connectivity index (χ2v) is 6.87. The van der Waals surface area contributed by atoms with Crippen molar-refractivity contribution >= 4 is 23.3 Å². The standard InChI is InChI=1S/C19H25N3O3/c1-13(2)24-16-9-6-14(7-10-16)21-17-11-8-15(12-20-17)22-18(23)25-19(3,4)5/h6-13H,1-5H3,(H,20,21)(H,22,23). The summed E-state index contributed by atoms with van der Waals surface area (Å²) in [6.07, 6.45) is 1.21. The van der Waals surface area contributed by atoms with Gasteiger partial charge < -0.3 is 14.8 Å². The predicted octanol–water partition coefficient (Wildman–Crippen LogP) is 4.96. The van der Waals surface area contributed by atoms with Gasteiger partial charge in [-0.1, -0.05) is 0 Å². The molecule has 1 heterocycles. The average molecular weight is 343 g/mol. The number of nitrogens with zero attached hydrogens (tertiary/aromatic N) is 1. The number of pyridine rings is 1. The number of nitrogens with one attached hydrogen (secondary N) is 2. The molecule has 0 bridgehead atoms. The molecule has 0 saturated heterocycles. The molecule has 0 aliphatic rings. The Kier molecular flexibility index (Phi) is 5.85. The highest BCUT2D eigenvalue weighted by atomic mass is 16.6. The summed E-state index contributed by atoms with van der Waals surface area (Å²) in [6, 6.07) is 11.2. The van der Waals surface area contributed by atoms with Crippen LogP contribution in [0.4, 0.5) is 22.0 Å². The predicted molar refractivity (Wildman–Crippen MR) is 99.6 cm³/mol. The number of hydrogen-bond acceptors (Lipinski definition) is 5. The van der Waals surface area contributed by atoms with Crippen molar-refractivity contribution in [1.29, 1.82) is 0 Å². The Morgan fingerprint density at radius 3 is 2.20 bits per heavy atom. The fourth-order valence-electron chi connectivity index (χ4n) is 2.00. The van der Waals surface area contributed by atoms with Gasteiger partial charge in [-0.15, -0.1) is 0 Å². The minimum Gasteiger partial charge on any atom is -0.491 e. The number of anilines is 3. The Hall–Kier alpha value is -2.76. The number of hydrogen-bond donors (Lipinski definition) is 2. The summed E-state index contributed by atoms with van der Waals surface area (Å²) >= 11 is 0. The molecule has 6 heteroatoms. The fourth-order valence-corrected chi connectivity index (χ4v) is 2.00. The summed E-state index contributed by atoms with van der Waals surface area (Å²) in [5.41, 5.74) is 0.932. The Balaban J connectivity index is 1.92. The smallest absolute Gasteiger partial charge is 0.412 e. The molecule has 2 aromatic rings. The molecule has 0 saturated carbocycles. The first-order valence-corrected chi connectivity index (χ1v) is 8.21. The number of aromatic nitrogens is 1. The van der Waals surface area contributed by atoms with E-state index in [1.54, 1.807) is 18.3 Å². The second-order valence-electron chi connectivity index (χ2n) is 6.87. The minimum absolute atomic E-state index is 0.144. The summed E-state index contributed by atoms with van der Waals surface area (Å²) < 4.78 is 10.8. The van der Waals surface area contributed by atoms with Crippen molar-refractivity contribution in [3.63, 3.8) is 0 Å². The molecular weight excluding hydrogens is 318 g/mol. The van der Waals surface area contributed by atoms with Crippen molar-refractivity contribution in [2.45, 2.75) is 46.3 Å². The SMILES string of the molecule is CC(C)Oc1ccc(Nc2ccc(NC(=O)OC(C)(C)C)cn2)cc1. The van der Waals surface area contributed by atoms with Crippen LogP contribution < -0.4 is 15.4 Å². The van der Waals surface area contributed by atoms with Gasteiger partial charge in [-0.05, 0) is 71.0 Å². The lowest BCUT2D eigenvalue weighted by Gasteiger charge is -2.19.